The SMILES string of the molecule is CCOC(=O)CCN1CCN(c2ccc(C3OC=CO3)nc2)CC1. The van der Waals surface area contributed by atoms with Crippen molar-refractivity contribution in [3.8, 4) is 0 Å². The summed E-state index contributed by atoms with van der Waals surface area (Å²) in [6.45, 7) is 6.73. The first kappa shape index (κ1) is 16.6. The van der Waals surface area contributed by atoms with Crippen molar-refractivity contribution in [2.75, 3.05) is 44.2 Å². The van der Waals surface area contributed by atoms with E-state index < -0.39 is 6.29 Å². The maximum absolute atomic E-state index is 11.4. The van der Waals surface area contributed by atoms with Gasteiger partial charge in [-0.2, -0.15) is 0 Å². The zero-order valence-corrected chi connectivity index (χ0v) is 13.9. The largest absolute Gasteiger partial charge is 0.466 e. The molecule has 130 valence electrons. The molecule has 1 fully saturated rings. The predicted molar refractivity (Wildman–Crippen MR) is 88.2 cm³/mol. The maximum atomic E-state index is 11.4. The predicted octanol–water partition coefficient (Wildman–Crippen LogP) is 1.67. The Labute approximate surface area is 141 Å². The van der Waals surface area contributed by atoms with Gasteiger partial charge in [0.1, 0.15) is 18.2 Å². The minimum absolute atomic E-state index is 0.120. The number of anilines is 1. The van der Waals surface area contributed by atoms with E-state index >= 15 is 0 Å². The molecule has 7 nitrogen and oxygen atoms in total. The van der Waals surface area contributed by atoms with Gasteiger partial charge >= 0.3 is 5.97 Å². The summed E-state index contributed by atoms with van der Waals surface area (Å²) in [6, 6.07) is 3.97. The molecule has 0 N–H and O–H groups in total. The van der Waals surface area contributed by atoms with Crippen LogP contribution < -0.4 is 4.90 Å². The van der Waals surface area contributed by atoms with Crippen molar-refractivity contribution in [2.45, 2.75) is 19.6 Å². The molecule has 2 aliphatic rings. The number of rotatable bonds is 6. The van der Waals surface area contributed by atoms with Gasteiger partial charge in [-0.1, -0.05) is 0 Å². The van der Waals surface area contributed by atoms with Crippen molar-refractivity contribution >= 4 is 11.7 Å². The highest BCUT2D eigenvalue weighted by atomic mass is 16.7. The van der Waals surface area contributed by atoms with Crippen molar-refractivity contribution in [3.63, 3.8) is 0 Å². The molecule has 0 unspecified atom stereocenters. The molecule has 1 saturated heterocycles. The summed E-state index contributed by atoms with van der Waals surface area (Å²) in [4.78, 5) is 20.4. The van der Waals surface area contributed by atoms with Crippen molar-refractivity contribution in [3.05, 3.63) is 36.5 Å². The van der Waals surface area contributed by atoms with Crippen molar-refractivity contribution in [2.24, 2.45) is 0 Å². The number of esters is 1. The van der Waals surface area contributed by atoms with Crippen LogP contribution >= 0.6 is 0 Å². The fraction of sp³-hybridized carbons (Fsp3) is 0.529. The number of hydrogen-bond acceptors (Lipinski definition) is 7. The summed E-state index contributed by atoms with van der Waals surface area (Å²) in [7, 11) is 0. The zero-order chi connectivity index (χ0) is 16.8. The lowest BCUT2D eigenvalue weighted by molar-refractivity contribution is -0.143. The zero-order valence-electron chi connectivity index (χ0n) is 13.9. The van der Waals surface area contributed by atoms with Gasteiger partial charge in [-0.05, 0) is 19.1 Å². The molecule has 1 aromatic heterocycles. The Morgan fingerprint density at radius 3 is 2.62 bits per heavy atom. The molecule has 7 heteroatoms. The molecule has 0 amide bonds. The Hall–Kier alpha value is -2.28. The van der Waals surface area contributed by atoms with Gasteiger partial charge in [-0.3, -0.25) is 14.7 Å². The summed E-state index contributed by atoms with van der Waals surface area (Å²) in [5.74, 6) is -0.120. The van der Waals surface area contributed by atoms with Crippen LogP contribution in [0, 0.1) is 0 Å². The van der Waals surface area contributed by atoms with Gasteiger partial charge in [0.05, 0.1) is 24.9 Å². The van der Waals surface area contributed by atoms with Gasteiger partial charge < -0.3 is 19.1 Å². The molecular weight excluding hydrogens is 310 g/mol. The number of piperazine rings is 1. The Kier molecular flexibility index (Phi) is 5.53. The van der Waals surface area contributed by atoms with Crippen LogP contribution in [0.5, 0.6) is 0 Å². The van der Waals surface area contributed by atoms with E-state index in [1.165, 1.54) is 12.5 Å². The van der Waals surface area contributed by atoms with Gasteiger partial charge in [0.15, 0.2) is 0 Å². The fourth-order valence-corrected chi connectivity index (χ4v) is 2.81. The Bertz CT molecular complexity index is 560. The lowest BCUT2D eigenvalue weighted by Gasteiger charge is -2.35. The van der Waals surface area contributed by atoms with Crippen molar-refractivity contribution in [1.82, 2.24) is 9.88 Å². The van der Waals surface area contributed by atoms with Crippen LogP contribution in [0.2, 0.25) is 0 Å². The Balaban J connectivity index is 1.45. The van der Waals surface area contributed by atoms with Crippen LogP contribution in [-0.2, 0) is 19.0 Å². The van der Waals surface area contributed by atoms with E-state index in [4.69, 9.17) is 14.2 Å². The first-order valence-corrected chi connectivity index (χ1v) is 8.31. The van der Waals surface area contributed by atoms with Gasteiger partial charge in [-0.15, -0.1) is 0 Å². The third kappa shape index (κ3) is 4.17. The number of carbonyl (C=O) groups excluding carboxylic acids is 1. The second-order valence-corrected chi connectivity index (χ2v) is 5.70. The normalized spacial score (nSPS) is 18.3. The Morgan fingerprint density at radius 2 is 2.00 bits per heavy atom. The van der Waals surface area contributed by atoms with Crippen LogP contribution in [0.15, 0.2) is 30.9 Å². The number of ether oxygens (including phenoxy) is 3. The van der Waals surface area contributed by atoms with E-state index in [1.54, 1.807) is 0 Å². The average molecular weight is 333 g/mol. The van der Waals surface area contributed by atoms with Crippen LogP contribution in [0.3, 0.4) is 0 Å². The fourth-order valence-electron chi connectivity index (χ4n) is 2.81. The molecule has 0 spiro atoms. The minimum atomic E-state index is -0.432. The second kappa shape index (κ2) is 8.01. The minimum Gasteiger partial charge on any atom is -0.466 e. The average Bonchev–Trinajstić information content (AvgIpc) is 3.16. The smallest absolute Gasteiger partial charge is 0.307 e. The van der Waals surface area contributed by atoms with Gasteiger partial charge in [0, 0.05) is 32.7 Å². The van der Waals surface area contributed by atoms with Gasteiger partial charge in [-0.25, -0.2) is 0 Å². The molecule has 1 aromatic rings. The highest BCUT2D eigenvalue weighted by Gasteiger charge is 2.20. The first-order chi connectivity index (χ1) is 11.8. The standard InChI is InChI=1S/C17H23N3O4/c1-2-22-16(21)5-6-19-7-9-20(10-8-19)14-3-4-15(18-13-14)17-23-11-12-24-17/h3-4,11-13,17H,2,5-10H2,1H3. The molecule has 0 bridgehead atoms. The highest BCUT2D eigenvalue weighted by molar-refractivity contribution is 5.69. The summed E-state index contributed by atoms with van der Waals surface area (Å²) in [6.07, 6.45) is 4.93. The quantitative estimate of drug-likeness (QED) is 0.734. The summed E-state index contributed by atoms with van der Waals surface area (Å²) < 4.78 is 15.5. The molecule has 24 heavy (non-hydrogen) atoms. The third-order valence-electron chi connectivity index (χ3n) is 4.15. The third-order valence-corrected chi connectivity index (χ3v) is 4.15. The molecule has 0 aliphatic carbocycles. The van der Waals surface area contributed by atoms with Crippen LogP contribution in [0.1, 0.15) is 25.3 Å². The number of carbonyl (C=O) groups is 1. The first-order valence-electron chi connectivity index (χ1n) is 8.31. The van der Waals surface area contributed by atoms with Crippen molar-refractivity contribution < 1.29 is 19.0 Å². The molecular formula is C17H23N3O4. The molecule has 0 radical (unpaired) electrons. The topological polar surface area (TPSA) is 64.1 Å². The molecule has 2 aliphatic heterocycles. The van der Waals surface area contributed by atoms with Crippen LogP contribution in [-0.4, -0.2) is 55.2 Å². The molecule has 0 aromatic carbocycles. The maximum Gasteiger partial charge on any atom is 0.307 e. The lowest BCUT2D eigenvalue weighted by atomic mass is 10.2. The number of nitrogens with zero attached hydrogens (tertiary/aromatic N) is 3. The number of hydrogen-bond donors (Lipinski definition) is 0. The van der Waals surface area contributed by atoms with E-state index in [0.717, 1.165) is 44.1 Å². The summed E-state index contributed by atoms with van der Waals surface area (Å²) >= 11 is 0. The molecule has 0 saturated carbocycles. The van der Waals surface area contributed by atoms with Gasteiger partial charge in [0.2, 0.25) is 0 Å². The second-order valence-electron chi connectivity index (χ2n) is 5.70. The number of pyridine rings is 1. The van der Waals surface area contributed by atoms with E-state index in [1.807, 2.05) is 25.3 Å². The van der Waals surface area contributed by atoms with E-state index in [9.17, 15) is 4.79 Å². The molecule has 0 atom stereocenters. The van der Waals surface area contributed by atoms with E-state index in [2.05, 4.69) is 14.8 Å². The van der Waals surface area contributed by atoms with Gasteiger partial charge in [0.25, 0.3) is 6.29 Å². The highest BCUT2D eigenvalue weighted by Crippen LogP contribution is 2.24. The van der Waals surface area contributed by atoms with Crippen LogP contribution in [0.4, 0.5) is 5.69 Å². The molecule has 3 rings (SSSR count). The number of aromatic nitrogens is 1. The lowest BCUT2D eigenvalue weighted by Crippen LogP contribution is -2.47. The van der Waals surface area contributed by atoms with Crippen LogP contribution in [0.25, 0.3) is 0 Å². The van der Waals surface area contributed by atoms with E-state index in [-0.39, 0.29) is 5.97 Å². The van der Waals surface area contributed by atoms with E-state index in [0.29, 0.717) is 13.0 Å². The summed E-state index contributed by atoms with van der Waals surface area (Å²) in [5, 5.41) is 0. The summed E-state index contributed by atoms with van der Waals surface area (Å²) in [5.41, 5.74) is 1.85. The Morgan fingerprint density at radius 1 is 1.25 bits per heavy atom. The monoisotopic (exact) mass is 333 g/mol. The molecule has 3 heterocycles. The van der Waals surface area contributed by atoms with Crippen molar-refractivity contribution in [1.29, 1.82) is 0 Å².